The fourth-order valence-corrected chi connectivity index (χ4v) is 3.38. The summed E-state index contributed by atoms with van der Waals surface area (Å²) >= 11 is 0. The molecule has 3 aromatic rings. The quantitative estimate of drug-likeness (QED) is 0.639. The molecule has 0 radical (unpaired) electrons. The van der Waals surface area contributed by atoms with E-state index in [0.29, 0.717) is 0 Å². The second-order valence-electron chi connectivity index (χ2n) is 6.45. The molecule has 0 saturated heterocycles. The van der Waals surface area contributed by atoms with Gasteiger partial charge in [-0.15, -0.1) is 0 Å². The lowest BCUT2D eigenvalue weighted by atomic mass is 9.98. The molecule has 1 unspecified atom stereocenters. The van der Waals surface area contributed by atoms with Crippen molar-refractivity contribution < 1.29 is 9.47 Å². The van der Waals surface area contributed by atoms with Crippen LogP contribution >= 0.6 is 0 Å². The van der Waals surface area contributed by atoms with Gasteiger partial charge >= 0.3 is 0 Å². The molecule has 1 aliphatic rings. The molecule has 0 N–H and O–H groups in total. The lowest BCUT2D eigenvalue weighted by Gasteiger charge is -2.24. The van der Waals surface area contributed by atoms with Crippen molar-refractivity contribution in [2.24, 2.45) is 5.10 Å². The molecule has 4 heteroatoms. The summed E-state index contributed by atoms with van der Waals surface area (Å²) < 4.78 is 10.6. The Kier molecular flexibility index (Phi) is 4.79. The van der Waals surface area contributed by atoms with Crippen LogP contribution < -0.4 is 14.5 Å². The van der Waals surface area contributed by atoms with Crippen LogP contribution in [0.25, 0.3) is 0 Å². The topological polar surface area (TPSA) is 34.1 Å². The maximum atomic E-state index is 5.29. The van der Waals surface area contributed by atoms with E-state index >= 15 is 0 Å². The maximum Gasteiger partial charge on any atom is 0.119 e. The highest BCUT2D eigenvalue weighted by molar-refractivity contribution is 6.03. The number of hydrogen-bond donors (Lipinski definition) is 0. The molecule has 3 aromatic carbocycles. The average molecular weight is 358 g/mol. The Labute approximate surface area is 159 Å². The number of ether oxygens (including phenoxy) is 2. The van der Waals surface area contributed by atoms with Crippen molar-refractivity contribution in [3.63, 3.8) is 0 Å². The molecule has 0 bridgehead atoms. The molecule has 1 atom stereocenters. The van der Waals surface area contributed by atoms with Crippen LogP contribution in [0, 0.1) is 0 Å². The van der Waals surface area contributed by atoms with Crippen molar-refractivity contribution in [1.82, 2.24) is 0 Å². The van der Waals surface area contributed by atoms with Gasteiger partial charge in [0.05, 0.1) is 31.7 Å². The fourth-order valence-electron chi connectivity index (χ4n) is 3.38. The molecule has 4 nitrogen and oxygen atoms in total. The first kappa shape index (κ1) is 17.2. The summed E-state index contributed by atoms with van der Waals surface area (Å²) in [5, 5.41) is 7.07. The Morgan fingerprint density at radius 2 is 1.37 bits per heavy atom. The van der Waals surface area contributed by atoms with E-state index in [4.69, 9.17) is 14.6 Å². The van der Waals surface area contributed by atoms with Crippen molar-refractivity contribution in [2.45, 2.75) is 12.5 Å². The van der Waals surface area contributed by atoms with Gasteiger partial charge in [-0.3, -0.25) is 5.01 Å². The Bertz CT molecular complexity index is 919. The van der Waals surface area contributed by atoms with Gasteiger partial charge in [0, 0.05) is 6.42 Å². The van der Waals surface area contributed by atoms with Crippen LogP contribution in [-0.4, -0.2) is 19.9 Å². The minimum Gasteiger partial charge on any atom is -0.497 e. The highest BCUT2D eigenvalue weighted by Gasteiger charge is 2.29. The molecule has 0 amide bonds. The predicted molar refractivity (Wildman–Crippen MR) is 109 cm³/mol. The Hall–Kier alpha value is -3.27. The summed E-state index contributed by atoms with van der Waals surface area (Å²) in [5.41, 5.74) is 4.49. The number of rotatable bonds is 5. The van der Waals surface area contributed by atoms with Gasteiger partial charge in [0.1, 0.15) is 11.5 Å². The maximum absolute atomic E-state index is 5.29. The van der Waals surface area contributed by atoms with Gasteiger partial charge in [0.15, 0.2) is 0 Å². The van der Waals surface area contributed by atoms with E-state index in [9.17, 15) is 0 Å². The van der Waals surface area contributed by atoms with Gasteiger partial charge in [-0.2, -0.15) is 5.10 Å². The molecule has 0 aromatic heterocycles. The van der Waals surface area contributed by atoms with Crippen molar-refractivity contribution >= 4 is 11.4 Å². The van der Waals surface area contributed by atoms with Crippen LogP contribution in [-0.2, 0) is 0 Å². The average Bonchev–Trinajstić information content (AvgIpc) is 3.20. The highest BCUT2D eigenvalue weighted by Crippen LogP contribution is 2.37. The van der Waals surface area contributed by atoms with Crippen molar-refractivity contribution in [2.75, 3.05) is 19.2 Å². The Morgan fingerprint density at radius 1 is 0.778 bits per heavy atom. The van der Waals surface area contributed by atoms with E-state index in [1.165, 1.54) is 5.56 Å². The van der Waals surface area contributed by atoms with Gasteiger partial charge in [-0.1, -0.05) is 30.3 Å². The van der Waals surface area contributed by atoms with Crippen LogP contribution in [0.4, 0.5) is 5.69 Å². The summed E-state index contributed by atoms with van der Waals surface area (Å²) in [7, 11) is 3.36. The summed E-state index contributed by atoms with van der Waals surface area (Å²) in [5.74, 6) is 1.69. The third-order valence-electron chi connectivity index (χ3n) is 4.85. The second-order valence-corrected chi connectivity index (χ2v) is 6.45. The largest absolute Gasteiger partial charge is 0.497 e. The van der Waals surface area contributed by atoms with Crippen LogP contribution in [0.2, 0.25) is 0 Å². The zero-order valence-electron chi connectivity index (χ0n) is 15.5. The van der Waals surface area contributed by atoms with Crippen LogP contribution in [0.15, 0.2) is 84.0 Å². The smallest absolute Gasteiger partial charge is 0.119 e. The highest BCUT2D eigenvalue weighted by atomic mass is 16.5. The third kappa shape index (κ3) is 3.51. The Morgan fingerprint density at radius 3 is 1.96 bits per heavy atom. The first-order chi connectivity index (χ1) is 13.3. The first-order valence-corrected chi connectivity index (χ1v) is 8.98. The molecule has 1 heterocycles. The minimum absolute atomic E-state index is 0.164. The molecular formula is C23H22N2O2. The number of hydrazone groups is 1. The van der Waals surface area contributed by atoms with Gasteiger partial charge < -0.3 is 9.47 Å². The molecule has 1 aliphatic heterocycles. The van der Waals surface area contributed by atoms with Crippen LogP contribution in [0.3, 0.4) is 0 Å². The zero-order chi connectivity index (χ0) is 18.6. The van der Waals surface area contributed by atoms with E-state index in [1.807, 2.05) is 30.3 Å². The number of hydrogen-bond acceptors (Lipinski definition) is 4. The molecular weight excluding hydrogens is 336 g/mol. The SMILES string of the molecule is COc1ccc(C2=NN(c3ccc(OC)cc3)C(c3ccccc3)C2)cc1. The van der Waals surface area contributed by atoms with Crippen molar-refractivity contribution in [3.8, 4) is 11.5 Å². The van der Waals surface area contributed by atoms with Gasteiger partial charge in [-0.25, -0.2) is 0 Å². The minimum atomic E-state index is 0.164. The summed E-state index contributed by atoms with van der Waals surface area (Å²) in [6.07, 6.45) is 0.850. The molecule has 4 rings (SSSR count). The molecule has 27 heavy (non-hydrogen) atoms. The van der Waals surface area contributed by atoms with Crippen LogP contribution in [0.5, 0.6) is 11.5 Å². The number of benzene rings is 3. The first-order valence-electron chi connectivity index (χ1n) is 8.98. The van der Waals surface area contributed by atoms with Gasteiger partial charge in [0.25, 0.3) is 0 Å². The van der Waals surface area contributed by atoms with Crippen molar-refractivity contribution in [1.29, 1.82) is 0 Å². The monoisotopic (exact) mass is 358 g/mol. The standard InChI is InChI=1S/C23H22N2O2/c1-26-20-12-8-17(9-13-20)22-16-23(18-6-4-3-5-7-18)25(24-22)19-10-14-21(27-2)15-11-19/h3-15,23H,16H2,1-2H3. The fraction of sp³-hybridized carbons (Fsp3) is 0.174. The van der Waals surface area contributed by atoms with Gasteiger partial charge in [-0.05, 0) is 59.7 Å². The summed E-state index contributed by atoms with van der Waals surface area (Å²) in [6, 6.07) is 26.8. The van der Waals surface area contributed by atoms with E-state index in [0.717, 1.165) is 34.9 Å². The molecule has 0 saturated carbocycles. The molecule has 0 fully saturated rings. The lowest BCUT2D eigenvalue weighted by molar-refractivity contribution is 0.414. The normalized spacial score (nSPS) is 16.1. The summed E-state index contributed by atoms with van der Waals surface area (Å²) in [4.78, 5) is 0. The molecule has 0 aliphatic carbocycles. The zero-order valence-corrected chi connectivity index (χ0v) is 15.5. The number of anilines is 1. The van der Waals surface area contributed by atoms with Crippen molar-refractivity contribution in [3.05, 3.63) is 90.0 Å². The molecule has 0 spiro atoms. The van der Waals surface area contributed by atoms with Crippen LogP contribution in [0.1, 0.15) is 23.6 Å². The van der Waals surface area contributed by atoms with E-state index in [2.05, 4.69) is 53.5 Å². The third-order valence-corrected chi connectivity index (χ3v) is 4.85. The lowest BCUT2D eigenvalue weighted by Crippen LogP contribution is -2.18. The second kappa shape index (κ2) is 7.54. The number of methoxy groups -OCH3 is 2. The van der Waals surface area contributed by atoms with Gasteiger partial charge in [0.2, 0.25) is 0 Å². The predicted octanol–water partition coefficient (Wildman–Crippen LogP) is 5.06. The Balaban J connectivity index is 1.70. The van der Waals surface area contributed by atoms with E-state index in [1.54, 1.807) is 14.2 Å². The van der Waals surface area contributed by atoms with E-state index in [-0.39, 0.29) is 6.04 Å². The summed E-state index contributed by atoms with van der Waals surface area (Å²) in [6.45, 7) is 0. The van der Waals surface area contributed by atoms with E-state index < -0.39 is 0 Å². The molecule has 136 valence electrons. The number of nitrogens with zero attached hydrogens (tertiary/aromatic N) is 2.